The normalized spacial score (nSPS) is 18.8. The molecule has 8 nitrogen and oxygen atoms in total. The second-order valence-corrected chi connectivity index (χ2v) is 7.20. The maximum Gasteiger partial charge on any atom is 0.307 e. The molecule has 2 aliphatic heterocycles. The zero-order valence-corrected chi connectivity index (χ0v) is 15.8. The lowest BCUT2D eigenvalue weighted by Gasteiger charge is -2.23. The number of benzene rings is 2. The number of hydrogen-bond acceptors (Lipinski definition) is 7. The summed E-state index contributed by atoms with van der Waals surface area (Å²) in [6.07, 6.45) is 0.599. The molecule has 4 rings (SSSR count). The van der Waals surface area contributed by atoms with Crippen LogP contribution in [0.25, 0.3) is 0 Å². The van der Waals surface area contributed by atoms with Crippen molar-refractivity contribution in [1.82, 2.24) is 5.01 Å². The number of hydrogen-bond donors (Lipinski definition) is 0. The fourth-order valence-electron chi connectivity index (χ4n) is 3.20. The summed E-state index contributed by atoms with van der Waals surface area (Å²) in [7, 11) is 1.61. The van der Waals surface area contributed by atoms with Crippen molar-refractivity contribution in [3.63, 3.8) is 0 Å². The highest BCUT2D eigenvalue weighted by molar-refractivity contribution is 8.14. The van der Waals surface area contributed by atoms with Crippen LogP contribution in [0.5, 0.6) is 5.75 Å². The summed E-state index contributed by atoms with van der Waals surface area (Å²) in [6.45, 7) is 0. The van der Waals surface area contributed by atoms with E-state index in [1.54, 1.807) is 24.3 Å². The van der Waals surface area contributed by atoms with Crippen molar-refractivity contribution in [3.8, 4) is 5.75 Å². The molecule has 2 aliphatic rings. The first-order chi connectivity index (χ1) is 13.5. The van der Waals surface area contributed by atoms with E-state index in [1.807, 2.05) is 24.3 Å². The monoisotopic (exact) mass is 396 g/mol. The average molecular weight is 396 g/mol. The third kappa shape index (κ3) is 3.48. The van der Waals surface area contributed by atoms with Crippen LogP contribution < -0.4 is 4.74 Å². The predicted molar refractivity (Wildman–Crippen MR) is 107 cm³/mol. The zero-order chi connectivity index (χ0) is 19.7. The van der Waals surface area contributed by atoms with Gasteiger partial charge in [-0.3, -0.25) is 14.9 Å². The molecule has 0 bridgehead atoms. The van der Waals surface area contributed by atoms with Crippen molar-refractivity contribution in [3.05, 3.63) is 69.8 Å². The summed E-state index contributed by atoms with van der Waals surface area (Å²) >= 11 is 1.15. The number of amides is 1. The van der Waals surface area contributed by atoms with Gasteiger partial charge in [-0.05, 0) is 35.4 Å². The molecule has 28 heavy (non-hydrogen) atoms. The highest BCUT2D eigenvalue weighted by Gasteiger charge is 2.34. The van der Waals surface area contributed by atoms with Gasteiger partial charge in [-0.15, -0.1) is 0 Å². The molecule has 9 heteroatoms. The second kappa shape index (κ2) is 7.43. The highest BCUT2D eigenvalue weighted by atomic mass is 32.2. The molecular formula is C19H16N4O4S. The average Bonchev–Trinajstić information content (AvgIpc) is 3.34. The smallest absolute Gasteiger partial charge is 0.307 e. The minimum Gasteiger partial charge on any atom is -0.497 e. The first-order valence-electron chi connectivity index (χ1n) is 8.55. The summed E-state index contributed by atoms with van der Waals surface area (Å²) in [5.74, 6) is 1.85. The predicted octanol–water partition coefficient (Wildman–Crippen LogP) is 4.02. The number of non-ortho nitro benzene ring substituents is 1. The van der Waals surface area contributed by atoms with Crippen LogP contribution in [0.1, 0.15) is 23.6 Å². The SMILES string of the molecule is COc1ccc(C2CC(c3ccc([N+](=O)[O-])cc3)=NN2C2=NC(=O)SC2)cc1. The Morgan fingerprint density at radius 1 is 1.18 bits per heavy atom. The van der Waals surface area contributed by atoms with E-state index in [-0.39, 0.29) is 17.0 Å². The van der Waals surface area contributed by atoms with E-state index in [9.17, 15) is 14.9 Å². The van der Waals surface area contributed by atoms with Crippen LogP contribution in [0.2, 0.25) is 0 Å². The largest absolute Gasteiger partial charge is 0.497 e. The number of carbonyl (C=O) groups excluding carboxylic acids is 1. The lowest BCUT2D eigenvalue weighted by molar-refractivity contribution is -0.384. The van der Waals surface area contributed by atoms with Crippen molar-refractivity contribution in [2.75, 3.05) is 12.9 Å². The van der Waals surface area contributed by atoms with Crippen molar-refractivity contribution in [1.29, 1.82) is 0 Å². The molecule has 1 unspecified atom stereocenters. The van der Waals surface area contributed by atoms with Crippen molar-refractivity contribution in [2.24, 2.45) is 10.1 Å². The summed E-state index contributed by atoms with van der Waals surface area (Å²) < 4.78 is 5.22. The number of nitro groups is 1. The standard InChI is InChI=1S/C19H16N4O4S/c1-27-15-8-4-13(5-9-15)17-10-16(12-2-6-14(7-3-12)23(25)26)21-22(17)18-11-28-19(24)20-18/h2-9,17H,10-11H2,1H3. The molecule has 2 heterocycles. The lowest BCUT2D eigenvalue weighted by Crippen LogP contribution is -2.27. The molecule has 0 N–H and O–H groups in total. The number of methoxy groups -OCH3 is 1. The van der Waals surface area contributed by atoms with E-state index >= 15 is 0 Å². The third-order valence-corrected chi connectivity index (χ3v) is 5.37. The molecule has 0 aromatic heterocycles. The van der Waals surface area contributed by atoms with Gasteiger partial charge in [0.25, 0.3) is 5.69 Å². The Kier molecular flexibility index (Phi) is 4.82. The van der Waals surface area contributed by atoms with Crippen LogP contribution in [0, 0.1) is 10.1 Å². The summed E-state index contributed by atoms with van der Waals surface area (Å²) in [5.41, 5.74) is 2.66. The molecule has 0 fully saturated rings. The number of aliphatic imine (C=N–C) groups is 1. The Morgan fingerprint density at radius 3 is 2.46 bits per heavy atom. The number of nitrogens with zero attached hydrogens (tertiary/aromatic N) is 4. The van der Waals surface area contributed by atoms with E-state index in [2.05, 4.69) is 4.99 Å². The van der Waals surface area contributed by atoms with Crippen LogP contribution in [0.3, 0.4) is 0 Å². The number of nitro benzene ring substituents is 1. The van der Waals surface area contributed by atoms with Crippen LogP contribution in [0.4, 0.5) is 10.5 Å². The Hall–Kier alpha value is -3.20. The summed E-state index contributed by atoms with van der Waals surface area (Å²) in [4.78, 5) is 26.2. The fraction of sp³-hybridized carbons (Fsp3) is 0.211. The topological polar surface area (TPSA) is 97.4 Å². The quantitative estimate of drug-likeness (QED) is 0.572. The number of amidine groups is 1. The van der Waals surface area contributed by atoms with Crippen LogP contribution in [0.15, 0.2) is 58.6 Å². The minimum atomic E-state index is -0.428. The van der Waals surface area contributed by atoms with Crippen molar-refractivity contribution < 1.29 is 14.5 Å². The van der Waals surface area contributed by atoms with Crippen molar-refractivity contribution >= 4 is 34.2 Å². The van der Waals surface area contributed by atoms with E-state index in [1.165, 1.54) is 12.1 Å². The Balaban J connectivity index is 1.67. The Bertz CT molecular complexity index is 986. The first-order valence-corrected chi connectivity index (χ1v) is 9.53. The van der Waals surface area contributed by atoms with Gasteiger partial charge >= 0.3 is 5.24 Å². The molecule has 0 aliphatic carbocycles. The first kappa shape index (κ1) is 18.2. The molecule has 2 aromatic rings. The number of ether oxygens (including phenoxy) is 1. The third-order valence-electron chi connectivity index (χ3n) is 4.63. The zero-order valence-electron chi connectivity index (χ0n) is 14.9. The molecule has 142 valence electrons. The number of rotatable bonds is 4. The van der Waals surface area contributed by atoms with Gasteiger partial charge in [-0.1, -0.05) is 23.9 Å². The molecular weight excluding hydrogens is 380 g/mol. The molecule has 2 aromatic carbocycles. The Morgan fingerprint density at radius 2 is 1.89 bits per heavy atom. The van der Waals surface area contributed by atoms with Gasteiger partial charge in [-0.25, -0.2) is 5.01 Å². The van der Waals surface area contributed by atoms with Crippen LogP contribution >= 0.6 is 11.8 Å². The Labute approximate surface area is 165 Å². The van der Waals surface area contributed by atoms with Gasteiger partial charge < -0.3 is 4.74 Å². The molecule has 0 spiro atoms. The van der Waals surface area contributed by atoms with Gasteiger partial charge in [0.05, 0.1) is 29.5 Å². The van der Waals surface area contributed by atoms with Gasteiger partial charge in [0.1, 0.15) is 11.6 Å². The molecule has 1 amide bonds. The van der Waals surface area contributed by atoms with Gasteiger partial charge in [0.15, 0.2) is 0 Å². The van der Waals surface area contributed by atoms with E-state index in [4.69, 9.17) is 9.84 Å². The lowest BCUT2D eigenvalue weighted by atomic mass is 9.98. The van der Waals surface area contributed by atoms with E-state index in [0.29, 0.717) is 18.0 Å². The van der Waals surface area contributed by atoms with Crippen LogP contribution in [-0.2, 0) is 0 Å². The molecule has 1 atom stereocenters. The van der Waals surface area contributed by atoms with E-state index in [0.717, 1.165) is 34.3 Å². The molecule has 0 saturated carbocycles. The summed E-state index contributed by atoms with van der Waals surface area (Å²) in [5, 5.41) is 17.2. The van der Waals surface area contributed by atoms with Gasteiger partial charge in [-0.2, -0.15) is 10.1 Å². The minimum absolute atomic E-state index is 0.0353. The van der Waals surface area contributed by atoms with E-state index < -0.39 is 4.92 Å². The van der Waals surface area contributed by atoms with Gasteiger partial charge in [0, 0.05) is 18.6 Å². The fourth-order valence-corrected chi connectivity index (χ4v) is 3.82. The summed E-state index contributed by atoms with van der Waals surface area (Å²) in [6, 6.07) is 13.9. The highest BCUT2D eigenvalue weighted by Crippen LogP contribution is 2.36. The maximum atomic E-state index is 11.6. The number of carbonyl (C=O) groups is 1. The van der Waals surface area contributed by atoms with Crippen molar-refractivity contribution in [2.45, 2.75) is 12.5 Å². The second-order valence-electron chi connectivity index (χ2n) is 6.27. The van der Waals surface area contributed by atoms with Gasteiger partial charge in [0.2, 0.25) is 0 Å². The maximum absolute atomic E-state index is 11.6. The molecule has 0 radical (unpaired) electrons. The molecule has 0 saturated heterocycles. The number of hydrazone groups is 1. The number of thioether (sulfide) groups is 1. The van der Waals surface area contributed by atoms with Crippen LogP contribution in [-0.4, -0.2) is 39.6 Å².